The number of H-pyrrole nitrogens is 1. The normalized spacial score (nSPS) is 14.6. The van der Waals surface area contributed by atoms with Gasteiger partial charge in [0.2, 0.25) is 0 Å². The third kappa shape index (κ3) is 5.19. The summed E-state index contributed by atoms with van der Waals surface area (Å²) in [6.45, 7) is 3.35. The van der Waals surface area contributed by atoms with E-state index in [9.17, 15) is 22.4 Å². The lowest BCUT2D eigenvalue weighted by Crippen LogP contribution is -2.38. The first-order valence-electron chi connectivity index (χ1n) is 12.4. The average Bonchev–Trinajstić information content (AvgIpc) is 3.34. The monoisotopic (exact) mass is 533 g/mol. The number of rotatable bonds is 5. The number of hydrogen-bond acceptors (Lipinski definition) is 4. The molecular weight excluding hydrogens is 505 g/mol. The lowest BCUT2D eigenvalue weighted by atomic mass is 9.89. The van der Waals surface area contributed by atoms with E-state index in [2.05, 4.69) is 10.3 Å². The quantitative estimate of drug-likeness (QED) is 0.364. The first kappa shape index (κ1) is 25.7. The van der Waals surface area contributed by atoms with Gasteiger partial charge in [0, 0.05) is 41.5 Å². The third-order valence-corrected chi connectivity index (χ3v) is 8.26. The first-order chi connectivity index (χ1) is 18.1. The molecule has 0 radical (unpaired) electrons. The highest BCUT2D eigenvalue weighted by atomic mass is 32.2. The van der Waals surface area contributed by atoms with Crippen LogP contribution in [0.5, 0.6) is 0 Å². The van der Waals surface area contributed by atoms with Gasteiger partial charge in [-0.25, -0.2) is 12.8 Å². The van der Waals surface area contributed by atoms with Crippen LogP contribution in [0.1, 0.15) is 50.7 Å². The minimum atomic E-state index is -3.71. The Morgan fingerprint density at radius 3 is 2.34 bits per heavy atom. The Morgan fingerprint density at radius 1 is 1.00 bits per heavy atom. The fraction of sp³-hybridized carbons (Fsp3) is 0.241. The molecular formula is C29H28FN3O4S. The average molecular weight is 534 g/mol. The number of aromatic amines is 1. The Labute approximate surface area is 220 Å². The van der Waals surface area contributed by atoms with Gasteiger partial charge in [0.1, 0.15) is 16.4 Å². The van der Waals surface area contributed by atoms with Crippen molar-refractivity contribution in [1.82, 2.24) is 9.88 Å². The molecule has 0 atom stereocenters. The zero-order chi connectivity index (χ0) is 27.0. The summed E-state index contributed by atoms with van der Waals surface area (Å²) >= 11 is 0. The van der Waals surface area contributed by atoms with Crippen molar-refractivity contribution in [2.24, 2.45) is 0 Å². The largest absolute Gasteiger partial charge is 0.351 e. The molecule has 0 unspecified atom stereocenters. The van der Waals surface area contributed by atoms with Crippen molar-refractivity contribution >= 4 is 38.2 Å². The molecule has 9 heteroatoms. The number of nitrogens with one attached hydrogen (secondary N) is 2. The fourth-order valence-corrected chi connectivity index (χ4v) is 5.72. The van der Waals surface area contributed by atoms with Crippen molar-refractivity contribution in [3.8, 4) is 0 Å². The second kappa shape index (κ2) is 10.1. The third-order valence-electron chi connectivity index (χ3n) is 7.13. The van der Waals surface area contributed by atoms with E-state index in [1.807, 2.05) is 48.2 Å². The Hall–Kier alpha value is -3.98. The van der Waals surface area contributed by atoms with Crippen molar-refractivity contribution in [3.05, 3.63) is 94.9 Å². The standard InChI is InChI=1S/C29H28FN3O4S/c1-18-4-3-5-25-23(18)17-26(32-25)29(35)33-14-12-20(13-15-33)19-6-9-22(10-7-19)31-28(34)21-8-11-27(24(30)16-21)38(2,36)37/h3-11,16-17,20,32H,12-15H2,1-2H3,(H,31,34). The number of aromatic nitrogens is 1. The van der Waals surface area contributed by atoms with E-state index >= 15 is 0 Å². The van der Waals surface area contributed by atoms with Crippen LogP contribution in [0.4, 0.5) is 10.1 Å². The number of carbonyl (C=O) groups is 2. The highest BCUT2D eigenvalue weighted by Gasteiger charge is 2.26. The number of nitrogens with zero attached hydrogens (tertiary/aromatic N) is 1. The van der Waals surface area contributed by atoms with Gasteiger partial charge < -0.3 is 15.2 Å². The Kier molecular flexibility index (Phi) is 6.79. The molecule has 38 heavy (non-hydrogen) atoms. The molecule has 2 heterocycles. The van der Waals surface area contributed by atoms with Crippen LogP contribution in [-0.2, 0) is 9.84 Å². The fourth-order valence-electron chi connectivity index (χ4n) is 4.99. The number of amides is 2. The van der Waals surface area contributed by atoms with E-state index in [1.54, 1.807) is 12.1 Å². The van der Waals surface area contributed by atoms with Crippen molar-refractivity contribution in [2.45, 2.75) is 30.6 Å². The molecule has 0 saturated carbocycles. The van der Waals surface area contributed by atoms with Crippen LogP contribution in [0.25, 0.3) is 10.9 Å². The van der Waals surface area contributed by atoms with Gasteiger partial charge in [-0.15, -0.1) is 0 Å². The SMILES string of the molecule is Cc1cccc2[nH]c(C(=O)N3CCC(c4ccc(NC(=O)c5ccc(S(C)(=O)=O)c(F)c5)cc4)CC3)cc12. The molecule has 0 spiro atoms. The van der Waals surface area contributed by atoms with Gasteiger partial charge in [0.15, 0.2) is 9.84 Å². The highest BCUT2D eigenvalue weighted by Crippen LogP contribution is 2.30. The van der Waals surface area contributed by atoms with Gasteiger partial charge in [0.25, 0.3) is 11.8 Å². The number of fused-ring (bicyclic) bond motifs is 1. The van der Waals surface area contributed by atoms with Crippen LogP contribution in [-0.4, -0.2) is 49.5 Å². The highest BCUT2D eigenvalue weighted by molar-refractivity contribution is 7.90. The predicted molar refractivity (Wildman–Crippen MR) is 145 cm³/mol. The van der Waals surface area contributed by atoms with Gasteiger partial charge in [-0.05, 0) is 79.3 Å². The summed E-state index contributed by atoms with van der Waals surface area (Å²) in [7, 11) is -3.71. The van der Waals surface area contributed by atoms with Crippen molar-refractivity contribution in [1.29, 1.82) is 0 Å². The second-order valence-electron chi connectivity index (χ2n) is 9.78. The summed E-state index contributed by atoms with van der Waals surface area (Å²) in [5, 5.41) is 3.78. The molecule has 3 aromatic carbocycles. The van der Waals surface area contributed by atoms with E-state index in [1.165, 1.54) is 6.07 Å². The zero-order valence-electron chi connectivity index (χ0n) is 21.1. The predicted octanol–water partition coefficient (Wildman–Crippen LogP) is 5.29. The van der Waals surface area contributed by atoms with E-state index < -0.39 is 26.5 Å². The molecule has 5 rings (SSSR count). The van der Waals surface area contributed by atoms with E-state index in [-0.39, 0.29) is 11.5 Å². The maximum atomic E-state index is 14.2. The Bertz CT molecular complexity index is 1640. The molecule has 0 bridgehead atoms. The molecule has 2 amide bonds. The maximum absolute atomic E-state index is 14.2. The van der Waals surface area contributed by atoms with Crippen LogP contribution in [0, 0.1) is 12.7 Å². The van der Waals surface area contributed by atoms with Crippen LogP contribution in [0.15, 0.2) is 71.6 Å². The maximum Gasteiger partial charge on any atom is 0.270 e. The summed E-state index contributed by atoms with van der Waals surface area (Å²) in [6.07, 6.45) is 2.59. The van der Waals surface area contributed by atoms with E-state index in [0.29, 0.717) is 30.4 Å². The van der Waals surface area contributed by atoms with Crippen LogP contribution in [0.3, 0.4) is 0 Å². The Morgan fingerprint density at radius 2 is 1.71 bits per heavy atom. The summed E-state index contributed by atoms with van der Waals surface area (Å²) in [5.74, 6) is -1.18. The minimum Gasteiger partial charge on any atom is -0.351 e. The number of sulfone groups is 1. The molecule has 4 aromatic rings. The van der Waals surface area contributed by atoms with E-state index in [4.69, 9.17) is 0 Å². The molecule has 1 aromatic heterocycles. The zero-order valence-corrected chi connectivity index (χ0v) is 21.9. The summed E-state index contributed by atoms with van der Waals surface area (Å²) < 4.78 is 37.3. The van der Waals surface area contributed by atoms with Crippen molar-refractivity contribution in [2.75, 3.05) is 24.7 Å². The molecule has 2 N–H and O–H groups in total. The number of benzene rings is 3. The van der Waals surface area contributed by atoms with Crippen LogP contribution in [0.2, 0.25) is 0 Å². The number of hydrogen-bond donors (Lipinski definition) is 2. The topological polar surface area (TPSA) is 99.3 Å². The molecule has 1 aliphatic heterocycles. The minimum absolute atomic E-state index is 0.0121. The van der Waals surface area contributed by atoms with Gasteiger partial charge >= 0.3 is 0 Å². The summed E-state index contributed by atoms with van der Waals surface area (Å²) in [4.78, 5) is 30.3. The van der Waals surface area contributed by atoms with Gasteiger partial charge in [-0.2, -0.15) is 0 Å². The smallest absolute Gasteiger partial charge is 0.270 e. The molecule has 1 fully saturated rings. The number of likely N-dealkylation sites (tertiary alicyclic amines) is 1. The Balaban J connectivity index is 1.19. The molecule has 1 aliphatic rings. The van der Waals surface area contributed by atoms with Crippen LogP contribution >= 0.6 is 0 Å². The number of halogens is 1. The molecule has 7 nitrogen and oxygen atoms in total. The van der Waals surface area contributed by atoms with Gasteiger partial charge in [0.05, 0.1) is 0 Å². The number of aryl methyl sites for hydroxylation is 1. The van der Waals surface area contributed by atoms with Gasteiger partial charge in [-0.3, -0.25) is 9.59 Å². The summed E-state index contributed by atoms with van der Waals surface area (Å²) in [5.41, 5.74) is 4.41. The van der Waals surface area contributed by atoms with Crippen LogP contribution < -0.4 is 5.32 Å². The molecule has 196 valence electrons. The molecule has 0 aliphatic carbocycles. The molecule has 1 saturated heterocycles. The number of anilines is 1. The van der Waals surface area contributed by atoms with E-state index in [0.717, 1.165) is 53.3 Å². The van der Waals surface area contributed by atoms with Crippen molar-refractivity contribution < 1.29 is 22.4 Å². The summed E-state index contributed by atoms with van der Waals surface area (Å²) in [6, 6.07) is 18.7. The van der Waals surface area contributed by atoms with Crippen molar-refractivity contribution in [3.63, 3.8) is 0 Å². The van der Waals surface area contributed by atoms with Gasteiger partial charge in [-0.1, -0.05) is 24.3 Å². The first-order valence-corrected chi connectivity index (χ1v) is 14.3. The second-order valence-corrected chi connectivity index (χ2v) is 11.8. The number of piperidine rings is 1. The number of carbonyl (C=O) groups excluding carboxylic acids is 2. The lowest BCUT2D eigenvalue weighted by Gasteiger charge is -2.32. The lowest BCUT2D eigenvalue weighted by molar-refractivity contribution is 0.0708.